The van der Waals surface area contributed by atoms with Gasteiger partial charge in [0.2, 0.25) is 0 Å². The molecule has 22 heavy (non-hydrogen) atoms. The Morgan fingerprint density at radius 3 is 1.18 bits per heavy atom. The minimum Gasteiger partial charge on any atom is -0.376 e. The third-order valence-electron chi connectivity index (χ3n) is 5.22. The lowest BCUT2D eigenvalue weighted by Crippen LogP contribution is -2.69. The first-order chi connectivity index (χ1) is 10.6. The van der Waals surface area contributed by atoms with Crippen LogP contribution in [0.4, 0.5) is 9.59 Å². The van der Waals surface area contributed by atoms with Gasteiger partial charge in [-0.25, -0.2) is 9.59 Å². The third kappa shape index (κ3) is 1.34. The van der Waals surface area contributed by atoms with Gasteiger partial charge in [0.1, 0.15) is 26.9 Å². The van der Waals surface area contributed by atoms with Crippen LogP contribution in [0.25, 0.3) is 0 Å². The molecule has 0 aromatic carbocycles. The van der Waals surface area contributed by atoms with Crippen molar-refractivity contribution in [1.29, 1.82) is 0 Å². The average molecular weight is 316 g/mol. The lowest BCUT2D eigenvalue weighted by Gasteiger charge is -2.51. The van der Waals surface area contributed by atoms with E-state index in [1.54, 1.807) is 0 Å². The van der Waals surface area contributed by atoms with Crippen LogP contribution in [0.3, 0.4) is 0 Å². The van der Waals surface area contributed by atoms with Crippen LogP contribution in [-0.2, 0) is 0 Å². The van der Waals surface area contributed by atoms with Crippen LogP contribution in [0.15, 0.2) is 0 Å². The van der Waals surface area contributed by atoms with Crippen LogP contribution in [0.1, 0.15) is 25.7 Å². The second kappa shape index (κ2) is 4.95. The summed E-state index contributed by atoms with van der Waals surface area (Å²) >= 11 is 0. The Balaban J connectivity index is 2.27. The molecule has 0 unspecified atom stereocenters. The summed E-state index contributed by atoms with van der Waals surface area (Å²) < 4.78 is 0. The molecule has 0 bridgehead atoms. The molecule has 0 atom stereocenters. The summed E-state index contributed by atoms with van der Waals surface area (Å²) in [5, 5.41) is 38.7. The number of carbonyl (C=O) groups excluding carboxylic acids is 2. The second-order valence-electron chi connectivity index (χ2n) is 5.68. The molecule has 0 spiro atoms. The lowest BCUT2D eigenvalue weighted by molar-refractivity contribution is -0.142. The number of urea groups is 2. The Morgan fingerprint density at radius 2 is 0.955 bits per heavy atom. The summed E-state index contributed by atoms with van der Waals surface area (Å²) in [5.41, 5.74) is -2.59. The summed E-state index contributed by atoms with van der Waals surface area (Å²) in [4.78, 5) is 29.5. The van der Waals surface area contributed by atoms with Crippen molar-refractivity contribution in [2.45, 2.75) is 37.0 Å². The molecule has 0 radical (unpaired) electrons. The van der Waals surface area contributed by atoms with Gasteiger partial charge in [0.25, 0.3) is 0 Å². The highest BCUT2D eigenvalue weighted by Crippen LogP contribution is 2.57. The van der Waals surface area contributed by atoms with Crippen LogP contribution < -0.4 is 0 Å². The first-order valence-corrected chi connectivity index (χ1v) is 7.18. The molecular formula is C12H20N4O6. The Hall–Kier alpha value is -1.62. The zero-order valence-corrected chi connectivity index (χ0v) is 12.1. The quantitative estimate of drug-likeness (QED) is 0.486. The molecule has 1 aliphatic carbocycles. The topological polar surface area (TPSA) is 128 Å². The van der Waals surface area contributed by atoms with Crippen LogP contribution in [0, 0.1) is 0 Å². The smallest absolute Gasteiger partial charge is 0.327 e. The van der Waals surface area contributed by atoms with E-state index >= 15 is 0 Å². The first kappa shape index (κ1) is 15.3. The number of aliphatic hydroxyl groups is 4. The van der Waals surface area contributed by atoms with Crippen molar-refractivity contribution >= 4 is 12.1 Å². The first-order valence-electron chi connectivity index (χ1n) is 7.18. The van der Waals surface area contributed by atoms with E-state index in [2.05, 4.69) is 0 Å². The number of amides is 4. The van der Waals surface area contributed by atoms with Crippen LogP contribution in [0.5, 0.6) is 0 Å². The Kier molecular flexibility index (Phi) is 3.44. The molecule has 2 saturated heterocycles. The normalized spacial score (nSPS) is 34.5. The molecule has 3 aliphatic rings. The molecule has 2 heterocycles. The Labute approximate surface area is 126 Å². The minimum atomic E-state index is -1.30. The van der Waals surface area contributed by atoms with Gasteiger partial charge < -0.3 is 20.4 Å². The molecule has 2 aliphatic heterocycles. The van der Waals surface area contributed by atoms with E-state index < -0.39 is 50.3 Å². The van der Waals surface area contributed by atoms with E-state index in [-0.39, 0.29) is 0 Å². The van der Waals surface area contributed by atoms with Crippen molar-refractivity contribution in [2.24, 2.45) is 0 Å². The van der Waals surface area contributed by atoms with E-state index in [1.165, 1.54) is 0 Å². The van der Waals surface area contributed by atoms with Crippen LogP contribution >= 0.6 is 0 Å². The zero-order valence-electron chi connectivity index (χ0n) is 12.1. The molecule has 10 nitrogen and oxygen atoms in total. The number of hydrogen-bond donors (Lipinski definition) is 4. The van der Waals surface area contributed by atoms with Gasteiger partial charge in [-0.1, -0.05) is 0 Å². The summed E-state index contributed by atoms with van der Waals surface area (Å²) in [6, 6.07) is -1.26. The van der Waals surface area contributed by atoms with Gasteiger partial charge in [-0.2, -0.15) is 0 Å². The fourth-order valence-corrected chi connectivity index (χ4v) is 4.47. The van der Waals surface area contributed by atoms with Crippen LogP contribution in [-0.4, -0.2) is 90.3 Å². The monoisotopic (exact) mass is 316 g/mol. The number of aliphatic hydroxyl groups excluding tert-OH is 4. The predicted molar refractivity (Wildman–Crippen MR) is 70.4 cm³/mol. The van der Waals surface area contributed by atoms with E-state index in [0.717, 1.165) is 19.6 Å². The van der Waals surface area contributed by atoms with Gasteiger partial charge in [0.15, 0.2) is 11.3 Å². The second-order valence-corrected chi connectivity index (χ2v) is 5.68. The highest BCUT2D eigenvalue weighted by atomic mass is 16.3. The molecule has 1 saturated carbocycles. The molecule has 124 valence electrons. The molecule has 0 aromatic rings. The van der Waals surface area contributed by atoms with E-state index in [0.29, 0.717) is 25.7 Å². The molecule has 4 N–H and O–H groups in total. The molecule has 0 aromatic heterocycles. The van der Waals surface area contributed by atoms with Gasteiger partial charge >= 0.3 is 12.1 Å². The fourth-order valence-electron chi connectivity index (χ4n) is 4.47. The van der Waals surface area contributed by atoms with Crippen molar-refractivity contribution in [3.05, 3.63) is 0 Å². The number of hydrogen-bond acceptors (Lipinski definition) is 6. The maximum Gasteiger partial charge on any atom is 0.327 e. The molecule has 10 heteroatoms. The van der Waals surface area contributed by atoms with Crippen molar-refractivity contribution in [3.63, 3.8) is 0 Å². The third-order valence-corrected chi connectivity index (χ3v) is 5.22. The molecular weight excluding hydrogens is 296 g/mol. The summed E-state index contributed by atoms with van der Waals surface area (Å²) in [6.07, 6.45) is 2.07. The molecule has 3 fully saturated rings. The highest BCUT2D eigenvalue weighted by Gasteiger charge is 2.78. The maximum atomic E-state index is 12.6. The number of rotatable bonds is 4. The molecule has 3 rings (SSSR count). The summed E-state index contributed by atoms with van der Waals surface area (Å²) in [5.74, 6) is 0. The number of carbonyl (C=O) groups is 2. The van der Waals surface area contributed by atoms with Crippen molar-refractivity contribution < 1.29 is 30.0 Å². The standard InChI is InChI=1S/C12H20N4O6/c17-5-13-9(21)15(7-19)12-4-2-1-3-11(12,13)14(6-18)10(22)16(12)8-20/h17-20H,1-8H2/t11-,12+. The SMILES string of the molecule is O=C1N(CO)[C@]23CCCC[C@]2(N(CO)C(=O)N3CO)N1CO. The minimum absolute atomic E-state index is 0.346. The zero-order chi connectivity index (χ0) is 16.1. The summed E-state index contributed by atoms with van der Waals surface area (Å²) in [7, 11) is 0. The van der Waals surface area contributed by atoms with Gasteiger partial charge in [0.05, 0.1) is 0 Å². The van der Waals surface area contributed by atoms with Gasteiger partial charge in [-0.15, -0.1) is 0 Å². The predicted octanol–water partition coefficient (Wildman–Crippen LogP) is -1.77. The molecule has 4 amide bonds. The highest BCUT2D eigenvalue weighted by molar-refractivity contribution is 5.88. The van der Waals surface area contributed by atoms with Gasteiger partial charge in [-0.05, 0) is 25.7 Å². The summed E-state index contributed by atoms with van der Waals surface area (Å²) in [6.45, 7) is -2.61. The van der Waals surface area contributed by atoms with E-state index in [1.807, 2.05) is 0 Å². The number of nitrogens with zero attached hydrogens (tertiary/aromatic N) is 4. The van der Waals surface area contributed by atoms with E-state index in [4.69, 9.17) is 0 Å². The van der Waals surface area contributed by atoms with Crippen molar-refractivity contribution in [3.8, 4) is 0 Å². The van der Waals surface area contributed by atoms with E-state index in [9.17, 15) is 30.0 Å². The van der Waals surface area contributed by atoms with Crippen LogP contribution in [0.2, 0.25) is 0 Å². The van der Waals surface area contributed by atoms with Crippen molar-refractivity contribution in [1.82, 2.24) is 19.6 Å². The maximum absolute atomic E-state index is 12.6. The fraction of sp³-hybridized carbons (Fsp3) is 0.833. The largest absolute Gasteiger partial charge is 0.376 e. The Morgan fingerprint density at radius 1 is 0.682 bits per heavy atom. The Bertz CT molecular complexity index is 428. The van der Waals surface area contributed by atoms with Crippen molar-refractivity contribution in [2.75, 3.05) is 26.9 Å². The average Bonchev–Trinajstić information content (AvgIpc) is 2.86. The van der Waals surface area contributed by atoms with Gasteiger partial charge in [0, 0.05) is 0 Å². The van der Waals surface area contributed by atoms with Gasteiger partial charge in [-0.3, -0.25) is 19.6 Å². The lowest BCUT2D eigenvalue weighted by atomic mass is 9.78.